The Morgan fingerprint density at radius 1 is 1.41 bits per heavy atom. The van der Waals surface area contributed by atoms with Crippen molar-refractivity contribution in [3.05, 3.63) is 12.4 Å². The summed E-state index contributed by atoms with van der Waals surface area (Å²) in [5, 5.41) is 0.954. The molecule has 0 aliphatic heterocycles. The van der Waals surface area contributed by atoms with Gasteiger partial charge in [-0.3, -0.25) is 0 Å². The number of alkyl halides is 1. The number of rotatable bonds is 5. The third-order valence-electron chi connectivity index (χ3n) is 3.22. The second-order valence-electron chi connectivity index (χ2n) is 4.24. The van der Waals surface area contributed by atoms with Gasteiger partial charge in [-0.1, -0.05) is 28.8 Å². The SMILES string of the molecule is COc1cc(N(CCBr)C2CCCC2)ncn1. The van der Waals surface area contributed by atoms with Gasteiger partial charge in [-0.15, -0.1) is 0 Å². The van der Waals surface area contributed by atoms with Crippen LogP contribution >= 0.6 is 15.9 Å². The summed E-state index contributed by atoms with van der Waals surface area (Å²) in [5.41, 5.74) is 0. The van der Waals surface area contributed by atoms with Crippen LogP contribution in [0.1, 0.15) is 25.7 Å². The molecule has 0 amide bonds. The molecule has 5 heteroatoms. The molecule has 0 radical (unpaired) electrons. The molecule has 0 atom stereocenters. The fraction of sp³-hybridized carbons (Fsp3) is 0.667. The molecule has 17 heavy (non-hydrogen) atoms. The number of anilines is 1. The van der Waals surface area contributed by atoms with Gasteiger partial charge in [0.15, 0.2) is 0 Å². The van der Waals surface area contributed by atoms with E-state index in [1.54, 1.807) is 13.4 Å². The quantitative estimate of drug-likeness (QED) is 0.784. The lowest BCUT2D eigenvalue weighted by Crippen LogP contribution is -2.35. The van der Waals surface area contributed by atoms with E-state index in [0.717, 1.165) is 17.7 Å². The van der Waals surface area contributed by atoms with Crippen LogP contribution in [0.15, 0.2) is 12.4 Å². The summed E-state index contributed by atoms with van der Waals surface area (Å²) in [6.45, 7) is 0.977. The van der Waals surface area contributed by atoms with Crippen molar-refractivity contribution in [3.8, 4) is 5.88 Å². The van der Waals surface area contributed by atoms with E-state index in [9.17, 15) is 0 Å². The van der Waals surface area contributed by atoms with Crippen molar-refractivity contribution in [1.29, 1.82) is 0 Å². The Labute approximate surface area is 111 Å². The number of halogens is 1. The first-order valence-corrected chi connectivity index (χ1v) is 7.16. The molecule has 4 nitrogen and oxygen atoms in total. The van der Waals surface area contributed by atoms with E-state index in [4.69, 9.17) is 4.74 Å². The van der Waals surface area contributed by atoms with Crippen molar-refractivity contribution in [2.45, 2.75) is 31.7 Å². The fourth-order valence-electron chi connectivity index (χ4n) is 2.39. The molecule has 1 aliphatic carbocycles. The number of hydrogen-bond acceptors (Lipinski definition) is 4. The van der Waals surface area contributed by atoms with Crippen molar-refractivity contribution >= 4 is 21.7 Å². The molecular formula is C12H18BrN3O. The van der Waals surface area contributed by atoms with Crippen molar-refractivity contribution in [3.63, 3.8) is 0 Å². The minimum atomic E-state index is 0.618. The largest absolute Gasteiger partial charge is 0.481 e. The van der Waals surface area contributed by atoms with Gasteiger partial charge in [0.1, 0.15) is 12.1 Å². The van der Waals surface area contributed by atoms with E-state index < -0.39 is 0 Å². The van der Waals surface area contributed by atoms with Gasteiger partial charge in [0, 0.05) is 24.0 Å². The lowest BCUT2D eigenvalue weighted by molar-refractivity contribution is 0.396. The van der Waals surface area contributed by atoms with Gasteiger partial charge >= 0.3 is 0 Å². The summed E-state index contributed by atoms with van der Waals surface area (Å²) in [6.07, 6.45) is 6.75. The van der Waals surface area contributed by atoms with E-state index in [0.29, 0.717) is 11.9 Å². The molecule has 0 spiro atoms. The molecule has 94 valence electrons. The van der Waals surface area contributed by atoms with Crippen LogP contribution in [0.2, 0.25) is 0 Å². The molecule has 0 N–H and O–H groups in total. The molecule has 0 bridgehead atoms. The number of aromatic nitrogens is 2. The first-order valence-electron chi connectivity index (χ1n) is 6.04. The average molecular weight is 300 g/mol. The Kier molecular flexibility index (Phi) is 4.59. The van der Waals surface area contributed by atoms with Crippen LogP contribution in [-0.4, -0.2) is 35.0 Å². The maximum absolute atomic E-state index is 5.16. The summed E-state index contributed by atoms with van der Waals surface area (Å²) in [6, 6.07) is 2.54. The van der Waals surface area contributed by atoms with E-state index in [2.05, 4.69) is 30.8 Å². The number of methoxy groups -OCH3 is 1. The Balaban J connectivity index is 2.18. The highest BCUT2D eigenvalue weighted by Crippen LogP contribution is 2.28. The van der Waals surface area contributed by atoms with Crippen LogP contribution in [0.4, 0.5) is 5.82 Å². The second kappa shape index (κ2) is 6.19. The predicted octanol–water partition coefficient (Wildman–Crippen LogP) is 2.63. The minimum absolute atomic E-state index is 0.618. The van der Waals surface area contributed by atoms with Gasteiger partial charge in [0.05, 0.1) is 7.11 Å². The Morgan fingerprint density at radius 2 is 2.18 bits per heavy atom. The topological polar surface area (TPSA) is 38.2 Å². The molecule has 1 fully saturated rings. The molecule has 1 aromatic heterocycles. The summed E-state index contributed by atoms with van der Waals surface area (Å²) >= 11 is 3.51. The number of ether oxygens (including phenoxy) is 1. The van der Waals surface area contributed by atoms with Crippen LogP contribution < -0.4 is 9.64 Å². The standard InChI is InChI=1S/C12H18BrN3O/c1-17-12-8-11(14-9-15-12)16(7-6-13)10-4-2-3-5-10/h8-10H,2-7H2,1H3. The van der Waals surface area contributed by atoms with Crippen molar-refractivity contribution < 1.29 is 4.74 Å². The zero-order valence-electron chi connectivity index (χ0n) is 10.1. The molecule has 0 saturated heterocycles. The second-order valence-corrected chi connectivity index (χ2v) is 5.03. The Bertz CT molecular complexity index is 355. The van der Waals surface area contributed by atoms with Gasteiger partial charge in [-0.2, -0.15) is 0 Å². The monoisotopic (exact) mass is 299 g/mol. The van der Waals surface area contributed by atoms with E-state index in [1.807, 2.05) is 6.07 Å². The van der Waals surface area contributed by atoms with Crippen molar-refractivity contribution in [2.75, 3.05) is 23.9 Å². The van der Waals surface area contributed by atoms with E-state index in [1.165, 1.54) is 25.7 Å². The summed E-state index contributed by atoms with van der Waals surface area (Å²) in [4.78, 5) is 10.8. The van der Waals surface area contributed by atoms with Gasteiger partial charge < -0.3 is 9.64 Å². The normalized spacial score (nSPS) is 16.1. The Hall–Kier alpha value is -0.840. The van der Waals surface area contributed by atoms with Crippen LogP contribution in [0.3, 0.4) is 0 Å². The maximum Gasteiger partial charge on any atom is 0.218 e. The maximum atomic E-state index is 5.16. The summed E-state index contributed by atoms with van der Waals surface area (Å²) in [7, 11) is 1.64. The number of hydrogen-bond donors (Lipinski definition) is 0. The van der Waals surface area contributed by atoms with E-state index >= 15 is 0 Å². The molecule has 2 rings (SSSR count). The molecule has 1 heterocycles. The van der Waals surface area contributed by atoms with Gasteiger partial charge in [0.2, 0.25) is 5.88 Å². The fourth-order valence-corrected chi connectivity index (χ4v) is 2.77. The zero-order valence-corrected chi connectivity index (χ0v) is 11.7. The third-order valence-corrected chi connectivity index (χ3v) is 3.58. The first kappa shape index (κ1) is 12.6. The van der Waals surface area contributed by atoms with Gasteiger partial charge in [-0.05, 0) is 12.8 Å². The van der Waals surface area contributed by atoms with Gasteiger partial charge in [-0.25, -0.2) is 9.97 Å². The van der Waals surface area contributed by atoms with Crippen molar-refractivity contribution in [1.82, 2.24) is 9.97 Å². The molecule has 1 saturated carbocycles. The van der Waals surface area contributed by atoms with Crippen LogP contribution in [0, 0.1) is 0 Å². The smallest absolute Gasteiger partial charge is 0.218 e. The van der Waals surface area contributed by atoms with Crippen LogP contribution in [0.5, 0.6) is 5.88 Å². The third kappa shape index (κ3) is 3.09. The lowest BCUT2D eigenvalue weighted by atomic mass is 10.2. The summed E-state index contributed by atoms with van der Waals surface area (Å²) < 4.78 is 5.16. The number of nitrogens with zero attached hydrogens (tertiary/aromatic N) is 3. The minimum Gasteiger partial charge on any atom is -0.481 e. The molecule has 0 aromatic carbocycles. The highest BCUT2D eigenvalue weighted by Gasteiger charge is 2.23. The zero-order chi connectivity index (χ0) is 12.1. The van der Waals surface area contributed by atoms with Gasteiger partial charge in [0.25, 0.3) is 0 Å². The van der Waals surface area contributed by atoms with Crippen LogP contribution in [0.25, 0.3) is 0 Å². The molecular weight excluding hydrogens is 282 g/mol. The molecule has 0 unspecified atom stereocenters. The predicted molar refractivity (Wildman–Crippen MR) is 72.0 cm³/mol. The highest BCUT2D eigenvalue weighted by atomic mass is 79.9. The summed E-state index contributed by atoms with van der Waals surface area (Å²) in [5.74, 6) is 1.61. The van der Waals surface area contributed by atoms with E-state index in [-0.39, 0.29) is 0 Å². The molecule has 1 aliphatic rings. The lowest BCUT2D eigenvalue weighted by Gasteiger charge is -2.29. The first-order chi connectivity index (χ1) is 8.35. The highest BCUT2D eigenvalue weighted by molar-refractivity contribution is 9.09. The Morgan fingerprint density at radius 3 is 2.82 bits per heavy atom. The average Bonchev–Trinajstić information content (AvgIpc) is 2.89. The van der Waals surface area contributed by atoms with Crippen LogP contribution in [-0.2, 0) is 0 Å². The van der Waals surface area contributed by atoms with Crippen molar-refractivity contribution in [2.24, 2.45) is 0 Å². The molecule has 1 aromatic rings.